The van der Waals surface area contributed by atoms with E-state index >= 15 is 0 Å². The second kappa shape index (κ2) is 8.20. The maximum atomic E-state index is 9.77. The smallest absolute Gasteiger partial charge is 0.101 e. The van der Waals surface area contributed by atoms with Gasteiger partial charge >= 0.3 is 0 Å². The molecule has 0 aliphatic heterocycles. The Hall–Kier alpha value is -0.160. The quantitative estimate of drug-likeness (QED) is 0.709. The topological polar surface area (TPSA) is 64.7 Å². The highest BCUT2D eigenvalue weighted by molar-refractivity contribution is 4.89. The minimum atomic E-state index is -0.550. The predicted octanol–water partition coefficient (Wildman–Crippen LogP) is 1.94. The third-order valence-corrected chi connectivity index (χ3v) is 4.35. The van der Waals surface area contributed by atoms with Crippen LogP contribution in [0, 0.1) is 11.8 Å². The number of hydrogen-bond acceptors (Lipinski definition) is 4. The lowest BCUT2D eigenvalue weighted by molar-refractivity contribution is -0.112. The van der Waals surface area contributed by atoms with Crippen molar-refractivity contribution in [2.75, 3.05) is 26.4 Å². The molecule has 4 nitrogen and oxygen atoms in total. The third kappa shape index (κ3) is 5.38. The average molecular weight is 273 g/mol. The van der Waals surface area contributed by atoms with Gasteiger partial charge in [-0.25, -0.2) is 0 Å². The molecular weight excluding hydrogens is 242 g/mol. The van der Waals surface area contributed by atoms with Gasteiger partial charge in [0, 0.05) is 13.2 Å². The highest BCUT2D eigenvalue weighted by Gasteiger charge is 2.36. The van der Waals surface area contributed by atoms with Crippen LogP contribution >= 0.6 is 0 Å². The van der Waals surface area contributed by atoms with Gasteiger partial charge < -0.3 is 20.3 Å². The van der Waals surface area contributed by atoms with Gasteiger partial charge in [-0.15, -0.1) is 0 Å². The van der Waals surface area contributed by atoms with Crippen LogP contribution in [0.2, 0.25) is 0 Å². The van der Waals surface area contributed by atoms with Crippen molar-refractivity contribution < 1.29 is 14.6 Å². The molecular formula is C15H31NO3. The molecule has 1 saturated carbocycles. The van der Waals surface area contributed by atoms with Crippen LogP contribution < -0.4 is 5.73 Å². The lowest BCUT2D eigenvalue weighted by Gasteiger charge is -2.41. The van der Waals surface area contributed by atoms with Crippen molar-refractivity contribution in [2.24, 2.45) is 17.6 Å². The fourth-order valence-electron chi connectivity index (χ4n) is 2.82. The van der Waals surface area contributed by atoms with Gasteiger partial charge in [0.25, 0.3) is 0 Å². The summed E-state index contributed by atoms with van der Waals surface area (Å²) in [5.41, 5.74) is 5.68. The molecule has 1 aliphatic rings. The van der Waals surface area contributed by atoms with Gasteiger partial charge in [0.15, 0.2) is 0 Å². The van der Waals surface area contributed by atoms with Crippen LogP contribution in [0.25, 0.3) is 0 Å². The summed E-state index contributed by atoms with van der Waals surface area (Å²) in [6, 6.07) is 0. The largest absolute Gasteiger partial charge is 0.388 e. The van der Waals surface area contributed by atoms with Crippen molar-refractivity contribution in [1.82, 2.24) is 0 Å². The number of nitrogens with two attached hydrogens (primary N) is 1. The molecule has 4 heteroatoms. The first kappa shape index (κ1) is 16.9. The first-order valence-corrected chi connectivity index (χ1v) is 7.63. The lowest BCUT2D eigenvalue weighted by Crippen LogP contribution is -2.46. The summed E-state index contributed by atoms with van der Waals surface area (Å²) < 4.78 is 11.1. The van der Waals surface area contributed by atoms with Crippen molar-refractivity contribution in [3.05, 3.63) is 0 Å². The Morgan fingerprint density at radius 3 is 2.37 bits per heavy atom. The van der Waals surface area contributed by atoms with Crippen LogP contribution in [0.15, 0.2) is 0 Å². The van der Waals surface area contributed by atoms with Crippen molar-refractivity contribution in [1.29, 1.82) is 0 Å². The Kier molecular flexibility index (Phi) is 7.29. The standard InChI is InChI=1S/C15H31NO3/c1-4-18-9-14(17)10-19-15(11-16)7-5-13(6-8-15)12(2)3/h12-14,17H,4-11,16H2,1-3H3. The molecule has 1 fully saturated rings. The van der Waals surface area contributed by atoms with Crippen molar-refractivity contribution in [3.63, 3.8) is 0 Å². The molecule has 0 aromatic carbocycles. The second-order valence-corrected chi connectivity index (χ2v) is 6.09. The monoisotopic (exact) mass is 273 g/mol. The SMILES string of the molecule is CCOCC(O)COC1(CN)CCC(C(C)C)CC1. The molecule has 1 unspecified atom stereocenters. The molecule has 1 atom stereocenters. The Labute approximate surface area is 117 Å². The van der Waals surface area contributed by atoms with E-state index in [-0.39, 0.29) is 5.60 Å². The van der Waals surface area contributed by atoms with Gasteiger partial charge in [-0.1, -0.05) is 13.8 Å². The lowest BCUT2D eigenvalue weighted by atomic mass is 9.74. The van der Waals surface area contributed by atoms with E-state index in [9.17, 15) is 5.11 Å². The van der Waals surface area contributed by atoms with Gasteiger partial charge in [-0.05, 0) is 44.4 Å². The van der Waals surface area contributed by atoms with Crippen LogP contribution in [0.5, 0.6) is 0 Å². The van der Waals surface area contributed by atoms with Crippen LogP contribution in [0.3, 0.4) is 0 Å². The fraction of sp³-hybridized carbons (Fsp3) is 1.00. The van der Waals surface area contributed by atoms with E-state index in [0.717, 1.165) is 24.7 Å². The number of rotatable bonds is 8. The fourth-order valence-corrected chi connectivity index (χ4v) is 2.82. The molecule has 114 valence electrons. The van der Waals surface area contributed by atoms with E-state index in [0.29, 0.717) is 26.4 Å². The summed E-state index contributed by atoms with van der Waals surface area (Å²) in [5.74, 6) is 1.52. The second-order valence-electron chi connectivity index (χ2n) is 6.09. The molecule has 19 heavy (non-hydrogen) atoms. The number of aliphatic hydroxyl groups excluding tert-OH is 1. The molecule has 3 N–H and O–H groups in total. The van der Waals surface area contributed by atoms with Gasteiger partial charge in [0.2, 0.25) is 0 Å². The van der Waals surface area contributed by atoms with Crippen LogP contribution in [-0.2, 0) is 9.47 Å². The summed E-state index contributed by atoms with van der Waals surface area (Å²) >= 11 is 0. The number of ether oxygens (including phenoxy) is 2. The summed E-state index contributed by atoms with van der Waals surface area (Å²) in [7, 11) is 0. The van der Waals surface area contributed by atoms with E-state index in [2.05, 4.69) is 13.8 Å². The Morgan fingerprint density at radius 2 is 1.89 bits per heavy atom. The van der Waals surface area contributed by atoms with E-state index in [1.54, 1.807) is 0 Å². The zero-order valence-corrected chi connectivity index (χ0v) is 12.7. The van der Waals surface area contributed by atoms with E-state index < -0.39 is 6.10 Å². The predicted molar refractivity (Wildman–Crippen MR) is 77.0 cm³/mol. The normalized spacial score (nSPS) is 29.7. The summed E-state index contributed by atoms with van der Waals surface area (Å²) in [5, 5.41) is 9.77. The van der Waals surface area contributed by atoms with Crippen LogP contribution in [0.1, 0.15) is 46.5 Å². The highest BCUT2D eigenvalue weighted by atomic mass is 16.5. The molecule has 1 aliphatic carbocycles. The van der Waals surface area contributed by atoms with Gasteiger partial charge in [0.1, 0.15) is 6.10 Å². The summed E-state index contributed by atoms with van der Waals surface area (Å²) in [4.78, 5) is 0. The van der Waals surface area contributed by atoms with Gasteiger partial charge in [0.05, 0.1) is 18.8 Å². The molecule has 0 radical (unpaired) electrons. The van der Waals surface area contributed by atoms with Crippen LogP contribution in [0.4, 0.5) is 0 Å². The van der Waals surface area contributed by atoms with Gasteiger partial charge in [-0.2, -0.15) is 0 Å². The summed E-state index contributed by atoms with van der Waals surface area (Å²) in [6.07, 6.45) is 3.82. The average Bonchev–Trinajstić information content (AvgIpc) is 2.43. The summed E-state index contributed by atoms with van der Waals surface area (Å²) in [6.45, 7) is 8.31. The van der Waals surface area contributed by atoms with Gasteiger partial charge in [-0.3, -0.25) is 0 Å². The molecule has 0 aromatic heterocycles. The minimum Gasteiger partial charge on any atom is -0.388 e. The molecule has 0 bridgehead atoms. The number of hydrogen-bond donors (Lipinski definition) is 2. The van der Waals surface area contributed by atoms with E-state index in [4.69, 9.17) is 15.2 Å². The Morgan fingerprint density at radius 1 is 1.26 bits per heavy atom. The molecule has 1 rings (SSSR count). The maximum absolute atomic E-state index is 9.77. The minimum absolute atomic E-state index is 0.224. The zero-order chi connectivity index (χ0) is 14.3. The Balaban J connectivity index is 2.36. The third-order valence-electron chi connectivity index (χ3n) is 4.35. The molecule has 0 spiro atoms. The highest BCUT2D eigenvalue weighted by Crippen LogP contribution is 2.37. The first-order valence-electron chi connectivity index (χ1n) is 7.63. The Bertz CT molecular complexity index is 238. The molecule has 0 amide bonds. The zero-order valence-electron chi connectivity index (χ0n) is 12.7. The molecule has 0 aromatic rings. The van der Waals surface area contributed by atoms with E-state index in [1.165, 1.54) is 12.8 Å². The van der Waals surface area contributed by atoms with Crippen LogP contribution in [-0.4, -0.2) is 43.2 Å². The molecule has 0 saturated heterocycles. The van der Waals surface area contributed by atoms with E-state index in [1.807, 2.05) is 6.92 Å². The molecule has 0 heterocycles. The van der Waals surface area contributed by atoms with Crippen molar-refractivity contribution in [2.45, 2.75) is 58.2 Å². The van der Waals surface area contributed by atoms with Crippen molar-refractivity contribution >= 4 is 0 Å². The number of aliphatic hydroxyl groups is 1. The first-order chi connectivity index (χ1) is 9.03. The van der Waals surface area contributed by atoms with Crippen molar-refractivity contribution in [3.8, 4) is 0 Å². The maximum Gasteiger partial charge on any atom is 0.101 e.